The van der Waals surface area contributed by atoms with Crippen LogP contribution >= 0.6 is 15.9 Å². The maximum absolute atomic E-state index is 12.8. The summed E-state index contributed by atoms with van der Waals surface area (Å²) in [6.45, 7) is 0.865. The first-order chi connectivity index (χ1) is 13.5. The summed E-state index contributed by atoms with van der Waals surface area (Å²) >= 11 is 3.44. The summed E-state index contributed by atoms with van der Waals surface area (Å²) in [4.78, 5) is 20.1. The van der Waals surface area contributed by atoms with Crippen LogP contribution in [-0.2, 0) is 17.9 Å². The first-order valence-corrected chi connectivity index (χ1v) is 9.58. The standard InChI is InChI=1S/C19H18BrF2N5O/c20-12-4-14(17-15(5-12)25-9-26-17)18(19(28)24-8-16(21)22)27-13-2-1-10-6-23-7-11(10)3-13/h1-5,9,16,18,23,27H,6-8H2,(H,24,28)(H,25,26)/t18-/m1/s1. The summed E-state index contributed by atoms with van der Waals surface area (Å²) in [7, 11) is 0. The number of alkyl halides is 2. The molecule has 1 aromatic heterocycles. The van der Waals surface area contributed by atoms with Crippen LogP contribution in [0, 0.1) is 0 Å². The normalized spacial score (nSPS) is 14.3. The molecule has 0 spiro atoms. The third-order valence-corrected chi connectivity index (χ3v) is 5.13. The van der Waals surface area contributed by atoms with E-state index in [-0.39, 0.29) is 0 Å². The highest BCUT2D eigenvalue weighted by atomic mass is 79.9. The van der Waals surface area contributed by atoms with E-state index in [0.29, 0.717) is 11.1 Å². The van der Waals surface area contributed by atoms with Crippen LogP contribution in [0.1, 0.15) is 22.7 Å². The molecule has 0 aliphatic carbocycles. The number of aromatic nitrogens is 2. The monoisotopic (exact) mass is 449 g/mol. The summed E-state index contributed by atoms with van der Waals surface area (Å²) in [5.74, 6) is -0.540. The van der Waals surface area contributed by atoms with Crippen molar-refractivity contribution in [1.29, 1.82) is 0 Å². The fourth-order valence-corrected chi connectivity index (χ4v) is 3.85. The van der Waals surface area contributed by atoms with Gasteiger partial charge >= 0.3 is 0 Å². The molecule has 2 heterocycles. The molecule has 3 aromatic rings. The SMILES string of the molecule is O=C(NCC(F)F)[C@H](Nc1ccc2c(c1)CNC2)c1cc(Br)cc2[nH]cnc12. The van der Waals surface area contributed by atoms with Gasteiger partial charge in [-0.05, 0) is 35.4 Å². The molecule has 1 aliphatic rings. The Kier molecular flexibility index (Phi) is 5.27. The van der Waals surface area contributed by atoms with E-state index >= 15 is 0 Å². The molecule has 9 heteroatoms. The summed E-state index contributed by atoms with van der Waals surface area (Å²) in [6, 6.07) is 8.60. The van der Waals surface area contributed by atoms with Crippen molar-refractivity contribution in [3.8, 4) is 0 Å². The largest absolute Gasteiger partial charge is 0.370 e. The van der Waals surface area contributed by atoms with Gasteiger partial charge in [0.05, 0.1) is 23.9 Å². The van der Waals surface area contributed by atoms with Crippen molar-refractivity contribution >= 4 is 38.6 Å². The number of benzene rings is 2. The molecule has 0 radical (unpaired) electrons. The van der Waals surface area contributed by atoms with Crippen molar-refractivity contribution in [2.45, 2.75) is 25.6 Å². The van der Waals surface area contributed by atoms with Crippen molar-refractivity contribution in [3.05, 3.63) is 57.8 Å². The maximum atomic E-state index is 12.8. The molecule has 6 nitrogen and oxygen atoms in total. The van der Waals surface area contributed by atoms with E-state index in [1.165, 1.54) is 11.9 Å². The topological polar surface area (TPSA) is 81.8 Å². The lowest BCUT2D eigenvalue weighted by molar-refractivity contribution is -0.122. The van der Waals surface area contributed by atoms with Crippen molar-refractivity contribution in [2.75, 3.05) is 11.9 Å². The second kappa shape index (κ2) is 7.84. The first kappa shape index (κ1) is 18.8. The van der Waals surface area contributed by atoms with Crippen molar-refractivity contribution in [3.63, 3.8) is 0 Å². The first-order valence-electron chi connectivity index (χ1n) is 8.78. The number of imidazole rings is 1. The Morgan fingerprint density at radius 2 is 2.04 bits per heavy atom. The molecule has 1 aliphatic heterocycles. The van der Waals surface area contributed by atoms with Crippen LogP contribution in [0.2, 0.25) is 0 Å². The van der Waals surface area contributed by atoms with Gasteiger partial charge in [0, 0.05) is 28.8 Å². The Balaban J connectivity index is 1.71. The quantitative estimate of drug-likeness (QED) is 0.464. The minimum Gasteiger partial charge on any atom is -0.370 e. The average molecular weight is 450 g/mol. The lowest BCUT2D eigenvalue weighted by atomic mass is 10.0. The molecular weight excluding hydrogens is 432 g/mol. The number of halogens is 3. The fraction of sp³-hybridized carbons (Fsp3) is 0.263. The van der Waals surface area contributed by atoms with Crippen LogP contribution in [0.3, 0.4) is 0 Å². The molecule has 0 bridgehead atoms. The zero-order chi connectivity index (χ0) is 19.7. The minimum absolute atomic E-state index is 0.540. The Bertz CT molecular complexity index is 1020. The number of amides is 1. The summed E-state index contributed by atoms with van der Waals surface area (Å²) < 4.78 is 26.0. The average Bonchev–Trinajstić information content (AvgIpc) is 3.32. The number of aromatic amines is 1. The smallest absolute Gasteiger partial charge is 0.255 e. The number of nitrogens with one attached hydrogen (secondary N) is 4. The molecule has 28 heavy (non-hydrogen) atoms. The zero-order valence-corrected chi connectivity index (χ0v) is 16.3. The molecule has 0 unspecified atom stereocenters. The lowest BCUT2D eigenvalue weighted by Gasteiger charge is -2.21. The van der Waals surface area contributed by atoms with Crippen LogP contribution < -0.4 is 16.0 Å². The number of carbonyl (C=O) groups excluding carboxylic acids is 1. The number of H-pyrrole nitrogens is 1. The molecule has 2 aromatic carbocycles. The number of anilines is 1. The van der Waals surface area contributed by atoms with Crippen LogP contribution in [0.5, 0.6) is 0 Å². The molecule has 1 amide bonds. The number of carbonyl (C=O) groups is 1. The second-order valence-corrected chi connectivity index (χ2v) is 7.51. The maximum Gasteiger partial charge on any atom is 0.255 e. The molecule has 146 valence electrons. The van der Waals surface area contributed by atoms with Gasteiger partial charge in [0.25, 0.3) is 6.43 Å². The number of nitrogens with zero attached hydrogens (tertiary/aromatic N) is 1. The highest BCUT2D eigenvalue weighted by molar-refractivity contribution is 9.10. The Hall–Kier alpha value is -2.52. The van der Waals surface area contributed by atoms with Gasteiger partial charge in [-0.1, -0.05) is 22.0 Å². The van der Waals surface area contributed by atoms with E-state index < -0.39 is 24.9 Å². The summed E-state index contributed by atoms with van der Waals surface area (Å²) in [6.07, 6.45) is -1.08. The third-order valence-electron chi connectivity index (χ3n) is 4.67. The Labute approximate surface area is 168 Å². The van der Waals surface area contributed by atoms with Crippen molar-refractivity contribution in [2.24, 2.45) is 0 Å². The predicted molar refractivity (Wildman–Crippen MR) is 106 cm³/mol. The molecule has 4 rings (SSSR count). The van der Waals surface area contributed by atoms with E-state index in [1.54, 1.807) is 6.07 Å². The van der Waals surface area contributed by atoms with Crippen LogP contribution in [0.25, 0.3) is 11.0 Å². The minimum atomic E-state index is -2.62. The molecule has 4 N–H and O–H groups in total. The highest BCUT2D eigenvalue weighted by Crippen LogP contribution is 2.30. The van der Waals surface area contributed by atoms with Crippen molar-refractivity contribution in [1.82, 2.24) is 20.6 Å². The summed E-state index contributed by atoms with van der Waals surface area (Å²) in [5.41, 5.74) is 5.04. The highest BCUT2D eigenvalue weighted by Gasteiger charge is 2.25. The number of hydrogen-bond acceptors (Lipinski definition) is 4. The van der Waals surface area contributed by atoms with Gasteiger partial charge in [-0.2, -0.15) is 0 Å². The van der Waals surface area contributed by atoms with Gasteiger partial charge in [-0.15, -0.1) is 0 Å². The van der Waals surface area contributed by atoms with Crippen molar-refractivity contribution < 1.29 is 13.6 Å². The van der Waals surface area contributed by atoms with E-state index in [0.717, 1.165) is 34.3 Å². The van der Waals surface area contributed by atoms with E-state index in [9.17, 15) is 13.6 Å². The number of fused-ring (bicyclic) bond motifs is 2. The van der Waals surface area contributed by atoms with Gasteiger partial charge in [0.2, 0.25) is 5.91 Å². The van der Waals surface area contributed by atoms with E-state index in [2.05, 4.69) is 41.8 Å². The predicted octanol–water partition coefficient (Wildman–Crippen LogP) is 3.46. The summed E-state index contributed by atoms with van der Waals surface area (Å²) in [5, 5.41) is 8.78. The molecule has 1 atom stereocenters. The fourth-order valence-electron chi connectivity index (χ4n) is 3.38. The second-order valence-electron chi connectivity index (χ2n) is 6.59. The molecule has 0 saturated carbocycles. The van der Waals surface area contributed by atoms with Gasteiger partial charge in [-0.25, -0.2) is 13.8 Å². The lowest BCUT2D eigenvalue weighted by Crippen LogP contribution is -2.36. The third kappa shape index (κ3) is 3.85. The number of hydrogen-bond donors (Lipinski definition) is 4. The number of rotatable bonds is 6. The van der Waals surface area contributed by atoms with E-state index in [1.807, 2.05) is 24.3 Å². The van der Waals surface area contributed by atoms with E-state index in [4.69, 9.17) is 0 Å². The molecular formula is C19H18BrF2N5O. The Morgan fingerprint density at radius 3 is 2.86 bits per heavy atom. The zero-order valence-electron chi connectivity index (χ0n) is 14.7. The Morgan fingerprint density at radius 1 is 1.21 bits per heavy atom. The molecule has 0 fully saturated rings. The van der Waals surface area contributed by atoms with Gasteiger partial charge < -0.3 is 20.9 Å². The van der Waals surface area contributed by atoms with Crippen LogP contribution in [0.4, 0.5) is 14.5 Å². The van der Waals surface area contributed by atoms with Crippen LogP contribution in [0.15, 0.2) is 41.1 Å². The molecule has 0 saturated heterocycles. The van der Waals surface area contributed by atoms with Crippen LogP contribution in [-0.4, -0.2) is 28.8 Å². The van der Waals surface area contributed by atoms with Gasteiger partial charge in [-0.3, -0.25) is 4.79 Å². The van der Waals surface area contributed by atoms with Gasteiger partial charge in [0.15, 0.2) is 0 Å². The van der Waals surface area contributed by atoms with Gasteiger partial charge in [0.1, 0.15) is 6.04 Å².